The molecule has 4 N–H and O–H groups in total. The number of H-pyrrole nitrogens is 1. The van der Waals surface area contributed by atoms with Crippen LogP contribution in [0.3, 0.4) is 0 Å². The van der Waals surface area contributed by atoms with Gasteiger partial charge < -0.3 is 11.1 Å². The van der Waals surface area contributed by atoms with E-state index in [1.165, 1.54) is 11.5 Å². The second-order valence-electron chi connectivity index (χ2n) is 11.1. The number of nitrogens with one attached hydrogen (secondary N) is 2. The Kier molecular flexibility index (Phi) is 10.6. The fraction of sp³-hybridized carbons (Fsp3) is 0.552. The predicted octanol–water partition coefficient (Wildman–Crippen LogP) is 5.68. The molecule has 0 bridgehead atoms. The average Bonchev–Trinajstić information content (AvgIpc) is 3.28. The first-order valence-corrected chi connectivity index (χ1v) is 16.4. The molecule has 1 unspecified atom stereocenters. The summed E-state index contributed by atoms with van der Waals surface area (Å²) in [6.45, 7) is 12.8. The van der Waals surface area contributed by atoms with Gasteiger partial charge in [0.15, 0.2) is 17.2 Å². The van der Waals surface area contributed by atoms with Crippen molar-refractivity contribution in [3.8, 4) is 11.3 Å². The number of nitrogens with two attached hydrogens (primary N) is 1. The van der Waals surface area contributed by atoms with Gasteiger partial charge in [-0.05, 0) is 82.6 Å². The first-order valence-electron chi connectivity index (χ1n) is 14.3. The highest BCUT2D eigenvalue weighted by molar-refractivity contribution is 7.98. The van der Waals surface area contributed by atoms with Gasteiger partial charge in [-0.2, -0.15) is 21.2 Å². The summed E-state index contributed by atoms with van der Waals surface area (Å²) in [5.41, 5.74) is 10.5. The lowest BCUT2D eigenvalue weighted by Crippen LogP contribution is -2.42. The number of Topliss-reactive ketones (excluding diaryl/α,β-unsaturated/α-hetero) is 1. The number of carbonyl (C=O) groups is 1. The molecule has 10 nitrogen and oxygen atoms in total. The maximum atomic E-state index is 11.3. The summed E-state index contributed by atoms with van der Waals surface area (Å²) in [5.74, 6) is 2.34. The van der Waals surface area contributed by atoms with Crippen molar-refractivity contribution in [1.29, 1.82) is 0 Å². The first-order chi connectivity index (χ1) is 19.7. The summed E-state index contributed by atoms with van der Waals surface area (Å²) in [7, 11) is 0. The standard InChI is InChI=1S/C21H28N8S.C8H15NOS/c1-6-21(4,5)28(7-2)13-16-8-18(30-27-16)26-19-20-22-11-17(15-9-23-24-10-15)29(20)12-14(3)25-19;1-11-5-4-7(9)8(10)6-2-3-6/h8-12H,6-7,13H2,1-5H3,(H,23,24)(H,25,26);6-7H,2-5,9H2,1H3. The Morgan fingerprint density at radius 1 is 1.34 bits per heavy atom. The van der Waals surface area contributed by atoms with Crippen molar-refractivity contribution in [3.05, 3.63) is 42.2 Å². The van der Waals surface area contributed by atoms with Gasteiger partial charge in [-0.25, -0.2) is 9.97 Å². The van der Waals surface area contributed by atoms with E-state index in [1.54, 1.807) is 18.0 Å². The Balaban J connectivity index is 0.000000296. The summed E-state index contributed by atoms with van der Waals surface area (Å²) >= 11 is 3.20. The second kappa shape index (κ2) is 13.9. The molecule has 1 saturated carbocycles. The normalized spacial score (nSPS) is 14.2. The van der Waals surface area contributed by atoms with E-state index in [0.29, 0.717) is 11.7 Å². The zero-order chi connectivity index (χ0) is 29.6. The third-order valence-electron chi connectivity index (χ3n) is 7.64. The van der Waals surface area contributed by atoms with Crippen molar-refractivity contribution in [1.82, 2.24) is 33.8 Å². The van der Waals surface area contributed by atoms with Gasteiger partial charge in [-0.15, -0.1) is 0 Å². The van der Waals surface area contributed by atoms with Crippen LogP contribution in [0.1, 0.15) is 64.8 Å². The van der Waals surface area contributed by atoms with Crippen LogP contribution in [0.25, 0.3) is 16.9 Å². The first kappa shape index (κ1) is 31.1. The third-order valence-corrected chi connectivity index (χ3v) is 9.03. The zero-order valence-electron chi connectivity index (χ0n) is 25.0. The molecule has 41 heavy (non-hydrogen) atoms. The minimum absolute atomic E-state index is 0.148. The maximum absolute atomic E-state index is 11.3. The number of rotatable bonds is 13. The van der Waals surface area contributed by atoms with Gasteiger partial charge in [0.1, 0.15) is 5.00 Å². The van der Waals surface area contributed by atoms with Crippen molar-refractivity contribution in [2.45, 2.75) is 78.4 Å². The quantitative estimate of drug-likeness (QED) is 0.178. The Hall–Kier alpha value is -2.80. The summed E-state index contributed by atoms with van der Waals surface area (Å²) in [6.07, 6.45) is 13.6. The minimum Gasteiger partial charge on any atom is -0.328 e. The number of fused-ring (bicyclic) bond motifs is 1. The van der Waals surface area contributed by atoms with Gasteiger partial charge >= 0.3 is 0 Å². The highest BCUT2D eigenvalue weighted by atomic mass is 32.2. The number of anilines is 2. The number of imidazole rings is 1. The number of aromatic nitrogens is 6. The van der Waals surface area contributed by atoms with Gasteiger partial charge in [0.2, 0.25) is 0 Å². The zero-order valence-corrected chi connectivity index (χ0v) is 26.6. The summed E-state index contributed by atoms with van der Waals surface area (Å²) in [5, 5.41) is 11.3. The van der Waals surface area contributed by atoms with Crippen LogP contribution in [0.5, 0.6) is 0 Å². The molecular weight excluding hydrogens is 555 g/mol. The highest BCUT2D eigenvalue weighted by Crippen LogP contribution is 2.31. The van der Waals surface area contributed by atoms with Gasteiger partial charge in [0.25, 0.3) is 0 Å². The minimum atomic E-state index is -0.185. The number of hydrogen-bond donors (Lipinski definition) is 3. The molecule has 0 aromatic carbocycles. The lowest BCUT2D eigenvalue weighted by Gasteiger charge is -2.36. The molecule has 1 atom stereocenters. The van der Waals surface area contributed by atoms with Crippen molar-refractivity contribution in [3.63, 3.8) is 0 Å². The Morgan fingerprint density at radius 2 is 2.12 bits per heavy atom. The van der Waals surface area contributed by atoms with E-state index in [9.17, 15) is 4.79 Å². The number of aromatic amines is 1. The van der Waals surface area contributed by atoms with E-state index < -0.39 is 0 Å². The number of aryl methyl sites for hydroxylation is 1. The molecule has 0 saturated heterocycles. The van der Waals surface area contributed by atoms with E-state index >= 15 is 0 Å². The number of hydrogen-bond acceptors (Lipinski definition) is 10. The molecule has 4 aromatic rings. The molecule has 12 heteroatoms. The Morgan fingerprint density at radius 3 is 2.76 bits per heavy atom. The van der Waals surface area contributed by atoms with E-state index in [0.717, 1.165) is 83.6 Å². The highest BCUT2D eigenvalue weighted by Gasteiger charge is 2.32. The summed E-state index contributed by atoms with van der Waals surface area (Å²) in [4.78, 5) is 23.0. The van der Waals surface area contributed by atoms with Crippen LogP contribution in [0.4, 0.5) is 10.8 Å². The topological polar surface area (TPSA) is 130 Å². The number of thioether (sulfide) groups is 1. The lowest BCUT2D eigenvalue weighted by molar-refractivity contribution is -0.121. The number of carbonyl (C=O) groups excluding carboxylic acids is 1. The molecule has 4 aromatic heterocycles. The van der Waals surface area contributed by atoms with Crippen molar-refractivity contribution >= 4 is 45.5 Å². The molecule has 0 amide bonds. The van der Waals surface area contributed by atoms with Gasteiger partial charge in [0.05, 0.1) is 35.5 Å². The van der Waals surface area contributed by atoms with Crippen LogP contribution in [0.15, 0.2) is 30.9 Å². The molecule has 5 rings (SSSR count). The molecule has 1 aliphatic rings. The molecule has 0 radical (unpaired) electrons. The van der Waals surface area contributed by atoms with Crippen molar-refractivity contribution in [2.75, 3.05) is 23.9 Å². The van der Waals surface area contributed by atoms with Crippen LogP contribution in [-0.2, 0) is 11.3 Å². The van der Waals surface area contributed by atoms with Crippen molar-refractivity contribution < 1.29 is 4.79 Å². The smallest absolute Gasteiger partial charge is 0.180 e. The van der Waals surface area contributed by atoms with Crippen LogP contribution < -0.4 is 11.1 Å². The van der Waals surface area contributed by atoms with Gasteiger partial charge in [-0.1, -0.05) is 13.8 Å². The van der Waals surface area contributed by atoms with E-state index in [1.807, 2.05) is 36.2 Å². The lowest BCUT2D eigenvalue weighted by atomic mass is 9.99. The Labute approximate surface area is 251 Å². The third kappa shape index (κ3) is 7.94. The molecule has 1 fully saturated rings. The number of nitrogens with zero attached hydrogens (tertiary/aromatic N) is 6. The van der Waals surface area contributed by atoms with E-state index in [2.05, 4.69) is 68.5 Å². The SMILES string of the molecule is CCN(Cc1cc(Nc2nc(C)cn3c(-c4cn[nH]c4)cnc23)sn1)C(C)(C)CC.CSCCC(N)C(=O)C1CC1. The molecular formula is C29H43N9OS2. The predicted molar refractivity (Wildman–Crippen MR) is 170 cm³/mol. The van der Waals surface area contributed by atoms with Crippen LogP contribution >= 0.6 is 23.3 Å². The number of ketones is 1. The monoisotopic (exact) mass is 597 g/mol. The fourth-order valence-corrected chi connectivity index (χ4v) is 5.74. The molecule has 1 aliphatic carbocycles. The molecule has 0 spiro atoms. The Bertz CT molecular complexity index is 1410. The maximum Gasteiger partial charge on any atom is 0.180 e. The molecule has 4 heterocycles. The second-order valence-corrected chi connectivity index (χ2v) is 12.9. The fourth-order valence-electron chi connectivity index (χ4n) is 4.59. The van der Waals surface area contributed by atoms with Crippen LogP contribution in [-0.4, -0.2) is 69.8 Å². The average molecular weight is 598 g/mol. The molecule has 0 aliphatic heterocycles. The van der Waals surface area contributed by atoms with Gasteiger partial charge in [-0.3, -0.25) is 19.2 Å². The van der Waals surface area contributed by atoms with Crippen LogP contribution in [0.2, 0.25) is 0 Å². The van der Waals surface area contributed by atoms with Crippen LogP contribution in [0, 0.1) is 12.8 Å². The summed E-state index contributed by atoms with van der Waals surface area (Å²) < 4.78 is 6.71. The van der Waals surface area contributed by atoms with Gasteiger partial charge in [0, 0.05) is 36.0 Å². The van der Waals surface area contributed by atoms with E-state index in [-0.39, 0.29) is 11.6 Å². The van der Waals surface area contributed by atoms with E-state index in [4.69, 9.17) is 5.73 Å². The largest absolute Gasteiger partial charge is 0.328 e. The summed E-state index contributed by atoms with van der Waals surface area (Å²) in [6, 6.07) is 1.93. The molecule has 222 valence electrons. The van der Waals surface area contributed by atoms with Crippen molar-refractivity contribution in [2.24, 2.45) is 11.7 Å².